The van der Waals surface area contributed by atoms with E-state index < -0.39 is 0 Å². The van der Waals surface area contributed by atoms with Gasteiger partial charge in [-0.3, -0.25) is 0 Å². The molecule has 1 aromatic heterocycles. The van der Waals surface area contributed by atoms with Gasteiger partial charge in [0.1, 0.15) is 12.0 Å². The zero-order valence-electron chi connectivity index (χ0n) is 13.6. The van der Waals surface area contributed by atoms with E-state index in [1.165, 1.54) is 25.7 Å². The molecule has 122 valence electrons. The second-order valence-corrected chi connectivity index (χ2v) is 6.76. The van der Waals surface area contributed by atoms with E-state index in [4.69, 9.17) is 9.15 Å². The van der Waals surface area contributed by atoms with E-state index in [0.717, 1.165) is 35.4 Å². The van der Waals surface area contributed by atoms with Crippen LogP contribution in [0.15, 0.2) is 34.9 Å². The summed E-state index contributed by atoms with van der Waals surface area (Å²) in [5.41, 5.74) is 1.97. The fraction of sp³-hybridized carbons (Fsp3) is 0.526. The van der Waals surface area contributed by atoms with Crippen molar-refractivity contribution in [2.75, 3.05) is 6.61 Å². The van der Waals surface area contributed by atoms with Crippen LogP contribution in [0.3, 0.4) is 0 Å². The van der Waals surface area contributed by atoms with Gasteiger partial charge in [0, 0.05) is 18.2 Å². The van der Waals surface area contributed by atoms with Gasteiger partial charge < -0.3 is 14.5 Å². The Bertz CT molecular complexity index is 650. The minimum Gasteiger partial charge on any atom is -0.494 e. The number of rotatable bonds is 6. The first kappa shape index (κ1) is 14.8. The van der Waals surface area contributed by atoms with Gasteiger partial charge >= 0.3 is 0 Å². The van der Waals surface area contributed by atoms with E-state index >= 15 is 0 Å². The lowest BCUT2D eigenvalue weighted by molar-refractivity contribution is 0.340. The van der Waals surface area contributed by atoms with Gasteiger partial charge in [-0.25, -0.2) is 4.98 Å². The molecule has 1 heterocycles. The molecule has 2 aliphatic carbocycles. The van der Waals surface area contributed by atoms with E-state index in [9.17, 15) is 0 Å². The van der Waals surface area contributed by atoms with Crippen LogP contribution in [0.4, 0.5) is 0 Å². The first-order valence-corrected chi connectivity index (χ1v) is 8.73. The predicted octanol–water partition coefficient (Wildman–Crippen LogP) is 4.02. The Balaban J connectivity index is 1.36. The second-order valence-electron chi connectivity index (χ2n) is 6.76. The van der Waals surface area contributed by atoms with Crippen LogP contribution < -0.4 is 10.1 Å². The molecular weight excluding hydrogens is 288 g/mol. The Kier molecular flexibility index (Phi) is 4.08. The van der Waals surface area contributed by atoms with E-state index in [0.29, 0.717) is 18.5 Å². The summed E-state index contributed by atoms with van der Waals surface area (Å²) < 4.78 is 11.1. The van der Waals surface area contributed by atoms with Crippen LogP contribution in [0.25, 0.3) is 11.5 Å². The molecule has 1 N–H and O–H groups in total. The summed E-state index contributed by atoms with van der Waals surface area (Å²) in [4.78, 5) is 4.61. The Morgan fingerprint density at radius 1 is 1.22 bits per heavy atom. The van der Waals surface area contributed by atoms with Crippen molar-refractivity contribution in [1.29, 1.82) is 0 Å². The second kappa shape index (κ2) is 6.36. The molecule has 4 nitrogen and oxygen atoms in total. The fourth-order valence-corrected chi connectivity index (χ4v) is 4.11. The lowest BCUT2D eigenvalue weighted by Gasteiger charge is -2.22. The molecule has 0 saturated heterocycles. The van der Waals surface area contributed by atoms with Crippen molar-refractivity contribution in [3.8, 4) is 17.2 Å². The minimum absolute atomic E-state index is 0.678. The largest absolute Gasteiger partial charge is 0.494 e. The molecule has 4 heteroatoms. The molecule has 2 fully saturated rings. The molecule has 1 aromatic carbocycles. The van der Waals surface area contributed by atoms with Crippen molar-refractivity contribution in [3.63, 3.8) is 0 Å². The van der Waals surface area contributed by atoms with Crippen LogP contribution in [0.1, 0.15) is 38.3 Å². The standard InChI is InChI=1S/C19H24N2O2/c1-2-22-17-7-5-14(6-8-17)19-21-16(12-23-19)11-20-18-10-13-3-4-15(18)9-13/h5-8,12-13,15,18,20H,2-4,9-11H2,1H3/t13-,15+,18?/m0/s1. The maximum absolute atomic E-state index is 5.64. The molecule has 2 bridgehead atoms. The van der Waals surface area contributed by atoms with Crippen LogP contribution in [-0.4, -0.2) is 17.6 Å². The third-order valence-corrected chi connectivity index (χ3v) is 5.25. The Morgan fingerprint density at radius 3 is 2.78 bits per heavy atom. The number of hydrogen-bond acceptors (Lipinski definition) is 4. The van der Waals surface area contributed by atoms with E-state index in [2.05, 4.69) is 10.3 Å². The third kappa shape index (κ3) is 3.13. The first-order chi connectivity index (χ1) is 11.3. The van der Waals surface area contributed by atoms with E-state index in [1.54, 1.807) is 6.26 Å². The Labute approximate surface area is 137 Å². The highest BCUT2D eigenvalue weighted by Gasteiger charge is 2.39. The Hall–Kier alpha value is -1.81. The topological polar surface area (TPSA) is 47.3 Å². The van der Waals surface area contributed by atoms with Gasteiger partial charge in [0.2, 0.25) is 5.89 Å². The third-order valence-electron chi connectivity index (χ3n) is 5.25. The van der Waals surface area contributed by atoms with Gasteiger partial charge in [-0.15, -0.1) is 0 Å². The molecule has 0 radical (unpaired) electrons. The number of ether oxygens (including phenoxy) is 1. The number of oxazole rings is 1. The van der Waals surface area contributed by atoms with Crippen molar-refractivity contribution in [2.24, 2.45) is 11.8 Å². The maximum atomic E-state index is 5.64. The van der Waals surface area contributed by atoms with Crippen LogP contribution in [0.2, 0.25) is 0 Å². The van der Waals surface area contributed by atoms with Crippen LogP contribution in [0, 0.1) is 11.8 Å². The average Bonchev–Trinajstić information content (AvgIpc) is 3.30. The zero-order valence-corrected chi connectivity index (χ0v) is 13.6. The molecule has 0 spiro atoms. The van der Waals surface area contributed by atoms with Crippen molar-refractivity contribution >= 4 is 0 Å². The lowest BCUT2D eigenvalue weighted by atomic mass is 9.95. The minimum atomic E-state index is 0.678. The smallest absolute Gasteiger partial charge is 0.226 e. The number of benzene rings is 1. The average molecular weight is 312 g/mol. The summed E-state index contributed by atoms with van der Waals surface area (Å²) in [6.45, 7) is 3.46. The van der Waals surface area contributed by atoms with Gasteiger partial charge in [0.15, 0.2) is 0 Å². The summed E-state index contributed by atoms with van der Waals surface area (Å²) in [7, 11) is 0. The molecule has 4 rings (SSSR count). The van der Waals surface area contributed by atoms with Crippen molar-refractivity contribution in [1.82, 2.24) is 10.3 Å². The van der Waals surface area contributed by atoms with Gasteiger partial charge in [-0.05, 0) is 62.3 Å². The normalized spacial score (nSPS) is 25.9. The van der Waals surface area contributed by atoms with E-state index in [-0.39, 0.29) is 0 Å². The van der Waals surface area contributed by atoms with Crippen molar-refractivity contribution in [2.45, 2.75) is 45.2 Å². The van der Waals surface area contributed by atoms with Gasteiger partial charge in [0.05, 0.1) is 12.3 Å². The molecule has 2 saturated carbocycles. The molecule has 2 aliphatic rings. The van der Waals surface area contributed by atoms with Crippen LogP contribution in [0.5, 0.6) is 5.75 Å². The van der Waals surface area contributed by atoms with Gasteiger partial charge in [-0.2, -0.15) is 0 Å². The number of aromatic nitrogens is 1. The van der Waals surface area contributed by atoms with E-state index in [1.807, 2.05) is 31.2 Å². The molecule has 2 aromatic rings. The first-order valence-electron chi connectivity index (χ1n) is 8.73. The Morgan fingerprint density at radius 2 is 2.09 bits per heavy atom. The molecule has 23 heavy (non-hydrogen) atoms. The maximum Gasteiger partial charge on any atom is 0.226 e. The summed E-state index contributed by atoms with van der Waals surface area (Å²) in [6.07, 6.45) is 7.38. The number of hydrogen-bond donors (Lipinski definition) is 1. The highest BCUT2D eigenvalue weighted by atomic mass is 16.5. The highest BCUT2D eigenvalue weighted by molar-refractivity contribution is 5.54. The van der Waals surface area contributed by atoms with Gasteiger partial charge in [0.25, 0.3) is 0 Å². The summed E-state index contributed by atoms with van der Waals surface area (Å²) in [5, 5.41) is 3.68. The van der Waals surface area contributed by atoms with Crippen molar-refractivity contribution in [3.05, 3.63) is 36.2 Å². The predicted molar refractivity (Wildman–Crippen MR) is 89.2 cm³/mol. The van der Waals surface area contributed by atoms with Gasteiger partial charge in [-0.1, -0.05) is 6.42 Å². The summed E-state index contributed by atoms with van der Waals surface area (Å²) in [5.74, 6) is 3.41. The van der Waals surface area contributed by atoms with Crippen LogP contribution >= 0.6 is 0 Å². The number of nitrogens with zero attached hydrogens (tertiary/aromatic N) is 1. The molecular formula is C19H24N2O2. The summed E-state index contributed by atoms with van der Waals surface area (Å²) >= 11 is 0. The van der Waals surface area contributed by atoms with Crippen LogP contribution in [-0.2, 0) is 6.54 Å². The molecule has 0 amide bonds. The summed E-state index contributed by atoms with van der Waals surface area (Å²) in [6, 6.07) is 8.57. The SMILES string of the molecule is CCOc1ccc(-c2nc(CNC3C[C@H]4CC[C@@H]3C4)co2)cc1. The zero-order chi connectivity index (χ0) is 15.6. The number of nitrogens with one attached hydrogen (secondary N) is 1. The quantitative estimate of drug-likeness (QED) is 0.875. The molecule has 0 aliphatic heterocycles. The lowest BCUT2D eigenvalue weighted by Crippen LogP contribution is -2.33. The monoisotopic (exact) mass is 312 g/mol. The van der Waals surface area contributed by atoms with Crippen molar-refractivity contribution < 1.29 is 9.15 Å². The molecule has 3 atom stereocenters. The molecule has 1 unspecified atom stereocenters. The number of fused-ring (bicyclic) bond motifs is 2. The highest BCUT2D eigenvalue weighted by Crippen LogP contribution is 2.44. The fourth-order valence-electron chi connectivity index (χ4n) is 4.11.